The molecule has 2 rings (SSSR count). The molecule has 0 saturated carbocycles. The van der Waals surface area contributed by atoms with Crippen LogP contribution in [-0.2, 0) is 30.7 Å². The van der Waals surface area contributed by atoms with Crippen LogP contribution in [0.4, 0.5) is 5.00 Å². The van der Waals surface area contributed by atoms with Gasteiger partial charge in [0, 0.05) is 14.1 Å². The van der Waals surface area contributed by atoms with Gasteiger partial charge in [-0.2, -0.15) is 0 Å². The van der Waals surface area contributed by atoms with Gasteiger partial charge in [-0.05, 0) is 48.4 Å². The molecule has 11 heteroatoms. The van der Waals surface area contributed by atoms with Crippen molar-refractivity contribution in [2.75, 3.05) is 32.6 Å². The zero-order valence-electron chi connectivity index (χ0n) is 19.2. The Bertz CT molecular complexity index is 1120. The van der Waals surface area contributed by atoms with Crippen molar-refractivity contribution in [1.29, 1.82) is 0 Å². The topological polar surface area (TPSA) is 119 Å². The molecule has 0 saturated heterocycles. The molecule has 1 aromatic carbocycles. The fourth-order valence-electron chi connectivity index (χ4n) is 2.87. The number of nitrogens with one attached hydrogen (secondary N) is 1. The van der Waals surface area contributed by atoms with Crippen LogP contribution in [0.15, 0.2) is 34.5 Å². The summed E-state index contributed by atoms with van der Waals surface area (Å²) in [6.45, 7) is 5.32. The van der Waals surface area contributed by atoms with E-state index >= 15 is 0 Å². The Morgan fingerprint density at radius 2 is 1.82 bits per heavy atom. The minimum Gasteiger partial charge on any atom is -0.462 e. The summed E-state index contributed by atoms with van der Waals surface area (Å²) in [6, 6.07) is 5.36. The lowest BCUT2D eigenvalue weighted by molar-refractivity contribution is -0.119. The van der Waals surface area contributed by atoms with Crippen LogP contribution < -0.4 is 5.32 Å². The highest BCUT2D eigenvalue weighted by Gasteiger charge is 2.23. The van der Waals surface area contributed by atoms with Gasteiger partial charge in [0.15, 0.2) is 6.61 Å². The first-order chi connectivity index (χ1) is 15.5. The minimum absolute atomic E-state index is 0.00622. The van der Waals surface area contributed by atoms with Crippen LogP contribution in [-0.4, -0.2) is 57.9 Å². The number of sulfonamides is 1. The van der Waals surface area contributed by atoms with E-state index in [-0.39, 0.29) is 17.1 Å². The lowest BCUT2D eigenvalue weighted by atomic mass is 10.0. The number of ether oxygens (including phenoxy) is 2. The van der Waals surface area contributed by atoms with Crippen LogP contribution in [0.3, 0.4) is 0 Å². The molecular weight excluding hydrogens is 468 g/mol. The van der Waals surface area contributed by atoms with Gasteiger partial charge >= 0.3 is 11.9 Å². The predicted octanol–water partition coefficient (Wildman–Crippen LogP) is 3.17. The molecule has 0 spiro atoms. The van der Waals surface area contributed by atoms with Gasteiger partial charge in [-0.15, -0.1) is 11.3 Å². The van der Waals surface area contributed by atoms with E-state index in [0.717, 1.165) is 9.87 Å². The summed E-state index contributed by atoms with van der Waals surface area (Å²) in [5.74, 6) is -1.72. The van der Waals surface area contributed by atoms with E-state index in [4.69, 9.17) is 9.47 Å². The average Bonchev–Trinajstić information content (AvgIpc) is 3.13. The van der Waals surface area contributed by atoms with Crippen molar-refractivity contribution in [3.8, 4) is 0 Å². The zero-order chi connectivity index (χ0) is 24.8. The predicted molar refractivity (Wildman–Crippen MR) is 125 cm³/mol. The molecule has 0 bridgehead atoms. The number of benzene rings is 1. The third-order valence-electron chi connectivity index (χ3n) is 4.41. The molecule has 9 nitrogen and oxygen atoms in total. The highest BCUT2D eigenvalue weighted by molar-refractivity contribution is 7.89. The van der Waals surface area contributed by atoms with E-state index in [2.05, 4.69) is 5.32 Å². The van der Waals surface area contributed by atoms with E-state index in [0.29, 0.717) is 22.9 Å². The Morgan fingerprint density at radius 3 is 2.42 bits per heavy atom. The molecule has 0 atom stereocenters. The van der Waals surface area contributed by atoms with Gasteiger partial charge in [0.1, 0.15) is 5.00 Å². The molecule has 0 aliphatic rings. The van der Waals surface area contributed by atoms with Gasteiger partial charge < -0.3 is 14.8 Å². The van der Waals surface area contributed by atoms with Gasteiger partial charge in [0.25, 0.3) is 5.91 Å². The molecule has 0 fully saturated rings. The zero-order valence-corrected chi connectivity index (χ0v) is 20.8. The second kappa shape index (κ2) is 11.4. The van der Waals surface area contributed by atoms with Crippen LogP contribution in [0.25, 0.3) is 0 Å². The first-order valence-corrected chi connectivity index (χ1v) is 12.6. The second-order valence-electron chi connectivity index (χ2n) is 7.72. The molecule has 2 aromatic rings. The number of nitrogens with zero attached hydrogens (tertiary/aromatic N) is 1. The van der Waals surface area contributed by atoms with Crippen molar-refractivity contribution in [2.45, 2.75) is 32.1 Å². The van der Waals surface area contributed by atoms with Crippen molar-refractivity contribution in [1.82, 2.24) is 4.31 Å². The fraction of sp³-hybridized carbons (Fsp3) is 0.409. The minimum atomic E-state index is -3.73. The highest BCUT2D eigenvalue weighted by atomic mass is 32.2. The van der Waals surface area contributed by atoms with E-state index < -0.39 is 34.5 Å². The van der Waals surface area contributed by atoms with Crippen LogP contribution in [0.5, 0.6) is 0 Å². The Morgan fingerprint density at radius 1 is 1.12 bits per heavy atom. The maximum Gasteiger partial charge on any atom is 0.341 e. The quantitative estimate of drug-likeness (QED) is 0.502. The molecule has 180 valence electrons. The molecule has 1 heterocycles. The van der Waals surface area contributed by atoms with E-state index in [9.17, 15) is 22.8 Å². The van der Waals surface area contributed by atoms with Gasteiger partial charge in [-0.1, -0.05) is 19.9 Å². The van der Waals surface area contributed by atoms with E-state index in [1.165, 1.54) is 49.7 Å². The SMILES string of the molecule is CCOC(=O)c1c(CC(C)C)csc1NC(=O)COC(=O)c1cccc(S(=O)(=O)N(C)C)c1. The molecular formula is C22H28N2O7S2. The second-order valence-corrected chi connectivity index (χ2v) is 10.8. The third-order valence-corrected chi connectivity index (χ3v) is 7.17. The Hall–Kier alpha value is -2.76. The largest absolute Gasteiger partial charge is 0.462 e. The molecule has 1 N–H and O–H groups in total. The summed E-state index contributed by atoms with van der Waals surface area (Å²) >= 11 is 1.19. The molecule has 1 aromatic heterocycles. The standard InChI is InChI=1S/C22H28N2O7S2/c1-6-30-22(27)19-16(10-14(2)3)13-32-20(19)23-18(25)12-31-21(26)15-8-7-9-17(11-15)33(28,29)24(4)5/h7-9,11,13-14H,6,10,12H2,1-5H3,(H,23,25). The fourth-order valence-corrected chi connectivity index (χ4v) is 4.80. The summed E-state index contributed by atoms with van der Waals surface area (Å²) in [6.07, 6.45) is 0.641. The Balaban J connectivity index is 2.10. The summed E-state index contributed by atoms with van der Waals surface area (Å²) in [5, 5.41) is 4.72. The maximum atomic E-state index is 12.4. The first-order valence-electron chi connectivity index (χ1n) is 10.2. The van der Waals surface area contributed by atoms with Crippen LogP contribution in [0, 0.1) is 5.92 Å². The third kappa shape index (κ3) is 6.86. The molecule has 0 aliphatic carbocycles. The number of hydrogen-bond acceptors (Lipinski definition) is 8. The Kier molecular flexibility index (Phi) is 9.15. The molecule has 0 radical (unpaired) electrons. The van der Waals surface area contributed by atoms with Gasteiger partial charge in [0.2, 0.25) is 10.0 Å². The molecule has 1 amide bonds. The number of carbonyl (C=O) groups is 3. The van der Waals surface area contributed by atoms with Crippen molar-refractivity contribution in [2.24, 2.45) is 5.92 Å². The molecule has 33 heavy (non-hydrogen) atoms. The maximum absolute atomic E-state index is 12.4. The monoisotopic (exact) mass is 496 g/mol. The Labute approximate surface area is 197 Å². The van der Waals surface area contributed by atoms with E-state index in [1.54, 1.807) is 12.3 Å². The van der Waals surface area contributed by atoms with Gasteiger partial charge in [-0.3, -0.25) is 4.79 Å². The highest BCUT2D eigenvalue weighted by Crippen LogP contribution is 2.31. The van der Waals surface area contributed by atoms with Crippen LogP contribution >= 0.6 is 11.3 Å². The summed E-state index contributed by atoms with van der Waals surface area (Å²) in [4.78, 5) is 37.1. The van der Waals surface area contributed by atoms with Gasteiger partial charge in [-0.25, -0.2) is 22.3 Å². The van der Waals surface area contributed by atoms with Crippen molar-refractivity contribution in [3.05, 3.63) is 46.3 Å². The van der Waals surface area contributed by atoms with Crippen molar-refractivity contribution in [3.63, 3.8) is 0 Å². The summed E-state index contributed by atoms with van der Waals surface area (Å²) < 4.78 is 35.7. The average molecular weight is 497 g/mol. The lowest BCUT2D eigenvalue weighted by Crippen LogP contribution is -2.23. The number of amides is 1. The van der Waals surface area contributed by atoms with Crippen LogP contribution in [0.1, 0.15) is 47.1 Å². The normalized spacial score (nSPS) is 11.5. The first kappa shape index (κ1) is 26.5. The summed E-state index contributed by atoms with van der Waals surface area (Å²) in [7, 11) is -0.963. The van der Waals surface area contributed by atoms with Gasteiger partial charge in [0.05, 0.1) is 22.6 Å². The smallest absolute Gasteiger partial charge is 0.341 e. The van der Waals surface area contributed by atoms with E-state index in [1.807, 2.05) is 13.8 Å². The van der Waals surface area contributed by atoms with Crippen LogP contribution in [0.2, 0.25) is 0 Å². The number of anilines is 1. The number of carbonyl (C=O) groups excluding carboxylic acids is 3. The molecule has 0 aliphatic heterocycles. The summed E-state index contributed by atoms with van der Waals surface area (Å²) in [5.41, 5.74) is 1.07. The number of hydrogen-bond donors (Lipinski definition) is 1. The lowest BCUT2D eigenvalue weighted by Gasteiger charge is -2.12. The number of thiophene rings is 1. The number of rotatable bonds is 10. The number of esters is 2. The molecule has 0 unspecified atom stereocenters. The van der Waals surface area contributed by atoms with Crippen molar-refractivity contribution >= 4 is 44.2 Å². The van der Waals surface area contributed by atoms with Crippen molar-refractivity contribution < 1.29 is 32.3 Å².